The van der Waals surface area contributed by atoms with Gasteiger partial charge in [-0.2, -0.15) is 0 Å². The van der Waals surface area contributed by atoms with Gasteiger partial charge in [0.25, 0.3) is 5.91 Å². The highest BCUT2D eigenvalue weighted by Crippen LogP contribution is 2.16. The molecule has 1 amide bonds. The molecule has 2 N–H and O–H groups in total. The van der Waals surface area contributed by atoms with Gasteiger partial charge in [-0.3, -0.25) is 14.8 Å². The Kier molecular flexibility index (Phi) is 5.82. The first kappa shape index (κ1) is 17.1. The summed E-state index contributed by atoms with van der Waals surface area (Å²) in [6.45, 7) is 6.27. The van der Waals surface area contributed by atoms with Gasteiger partial charge < -0.3 is 10.4 Å². The van der Waals surface area contributed by atoms with Gasteiger partial charge in [-0.1, -0.05) is 26.8 Å². The predicted octanol–water partition coefficient (Wildman–Crippen LogP) is 2.63. The third kappa shape index (κ3) is 4.36. The van der Waals surface area contributed by atoms with Crippen molar-refractivity contribution in [2.45, 2.75) is 39.2 Å². The van der Waals surface area contributed by atoms with Crippen molar-refractivity contribution < 1.29 is 9.90 Å². The highest BCUT2D eigenvalue weighted by atomic mass is 16.3. The molecule has 2 rings (SSSR count). The van der Waals surface area contributed by atoms with Gasteiger partial charge >= 0.3 is 0 Å². The van der Waals surface area contributed by atoms with Crippen molar-refractivity contribution in [3.63, 3.8) is 0 Å². The second-order valence-corrected chi connectivity index (χ2v) is 5.75. The fourth-order valence-corrected chi connectivity index (χ4v) is 2.29. The number of carbonyl (C=O) groups excluding carboxylic acids is 1. The molecule has 0 bridgehead atoms. The van der Waals surface area contributed by atoms with E-state index in [1.54, 1.807) is 24.5 Å². The maximum atomic E-state index is 12.4. The molecule has 0 aliphatic carbocycles. The number of amides is 1. The van der Waals surface area contributed by atoms with Gasteiger partial charge in [-0.05, 0) is 30.5 Å². The van der Waals surface area contributed by atoms with Crippen LogP contribution in [-0.2, 0) is 6.42 Å². The third-order valence-electron chi connectivity index (χ3n) is 3.69. The van der Waals surface area contributed by atoms with E-state index < -0.39 is 6.10 Å². The topological polar surface area (TPSA) is 75.1 Å². The van der Waals surface area contributed by atoms with Crippen molar-refractivity contribution in [1.82, 2.24) is 15.3 Å². The number of aliphatic hydroxyl groups is 1. The zero-order valence-electron chi connectivity index (χ0n) is 13.8. The van der Waals surface area contributed by atoms with E-state index in [0.717, 1.165) is 11.4 Å². The summed E-state index contributed by atoms with van der Waals surface area (Å²) in [5.74, 6) is 0.109. The number of hydrogen-bond donors (Lipinski definition) is 2. The molecule has 5 nitrogen and oxygen atoms in total. The lowest BCUT2D eigenvalue weighted by Crippen LogP contribution is -2.29. The van der Waals surface area contributed by atoms with Crippen molar-refractivity contribution in [3.05, 3.63) is 59.2 Å². The van der Waals surface area contributed by atoms with Crippen LogP contribution in [-0.4, -0.2) is 27.5 Å². The molecule has 0 aliphatic rings. The van der Waals surface area contributed by atoms with Crippen LogP contribution in [0.25, 0.3) is 0 Å². The van der Waals surface area contributed by atoms with Crippen molar-refractivity contribution >= 4 is 5.91 Å². The minimum Gasteiger partial charge on any atom is -0.387 e. The molecule has 2 heterocycles. The summed E-state index contributed by atoms with van der Waals surface area (Å²) in [5.41, 5.74) is 3.01. The van der Waals surface area contributed by atoms with E-state index in [-0.39, 0.29) is 12.5 Å². The smallest absolute Gasteiger partial charge is 0.253 e. The Morgan fingerprint density at radius 3 is 2.70 bits per heavy atom. The Hall–Kier alpha value is -2.27. The number of carbonyl (C=O) groups is 1. The van der Waals surface area contributed by atoms with Gasteiger partial charge in [0.2, 0.25) is 0 Å². The largest absolute Gasteiger partial charge is 0.387 e. The zero-order chi connectivity index (χ0) is 16.8. The molecule has 1 atom stereocenters. The standard InChI is InChI=1S/C18H23N3O2/c1-4-15-14(7-8-16(21-15)12(2)3)18(23)20-11-17(22)13-6-5-9-19-10-13/h5-10,12,17,22H,4,11H2,1-3H3,(H,20,23). The van der Waals surface area contributed by atoms with Crippen molar-refractivity contribution in [3.8, 4) is 0 Å². The van der Waals surface area contributed by atoms with Crippen LogP contribution in [0, 0.1) is 0 Å². The van der Waals surface area contributed by atoms with Crippen molar-refractivity contribution in [2.75, 3.05) is 6.54 Å². The molecule has 0 spiro atoms. The summed E-state index contributed by atoms with van der Waals surface area (Å²) in [6.07, 6.45) is 3.15. The second-order valence-electron chi connectivity index (χ2n) is 5.75. The molecule has 0 saturated heterocycles. The molecule has 23 heavy (non-hydrogen) atoms. The van der Waals surface area contributed by atoms with Crippen LogP contribution in [0.3, 0.4) is 0 Å². The maximum Gasteiger partial charge on any atom is 0.253 e. The number of hydrogen-bond acceptors (Lipinski definition) is 4. The molecule has 122 valence electrons. The second kappa shape index (κ2) is 7.83. The Bertz CT molecular complexity index is 657. The summed E-state index contributed by atoms with van der Waals surface area (Å²) in [5, 5.41) is 12.9. The summed E-state index contributed by atoms with van der Waals surface area (Å²) >= 11 is 0. The Morgan fingerprint density at radius 1 is 1.30 bits per heavy atom. The SMILES string of the molecule is CCc1nc(C(C)C)ccc1C(=O)NCC(O)c1cccnc1. The monoisotopic (exact) mass is 313 g/mol. The highest BCUT2D eigenvalue weighted by Gasteiger charge is 2.15. The molecule has 5 heteroatoms. The third-order valence-corrected chi connectivity index (χ3v) is 3.69. The molecular formula is C18H23N3O2. The maximum absolute atomic E-state index is 12.4. The highest BCUT2D eigenvalue weighted by molar-refractivity contribution is 5.95. The Balaban J connectivity index is 2.06. The van der Waals surface area contributed by atoms with E-state index in [4.69, 9.17) is 0 Å². The van der Waals surface area contributed by atoms with E-state index in [9.17, 15) is 9.90 Å². The van der Waals surface area contributed by atoms with E-state index >= 15 is 0 Å². The summed E-state index contributed by atoms with van der Waals surface area (Å²) in [7, 11) is 0. The van der Waals surface area contributed by atoms with E-state index in [1.165, 1.54) is 0 Å². The molecule has 2 aromatic heterocycles. The average Bonchev–Trinajstić information content (AvgIpc) is 2.59. The first-order valence-corrected chi connectivity index (χ1v) is 7.89. The number of aliphatic hydroxyl groups excluding tert-OH is 1. The van der Waals surface area contributed by atoms with E-state index in [0.29, 0.717) is 23.5 Å². The fourth-order valence-electron chi connectivity index (χ4n) is 2.29. The lowest BCUT2D eigenvalue weighted by molar-refractivity contribution is 0.0914. The molecule has 1 unspecified atom stereocenters. The van der Waals surface area contributed by atoms with E-state index in [2.05, 4.69) is 29.1 Å². The van der Waals surface area contributed by atoms with Gasteiger partial charge in [0, 0.05) is 30.2 Å². The first-order valence-electron chi connectivity index (χ1n) is 7.89. The van der Waals surface area contributed by atoms with Gasteiger partial charge in [-0.15, -0.1) is 0 Å². The molecular weight excluding hydrogens is 290 g/mol. The quantitative estimate of drug-likeness (QED) is 0.859. The lowest BCUT2D eigenvalue weighted by atomic mass is 10.0. The number of rotatable bonds is 6. The Labute approximate surface area is 136 Å². The summed E-state index contributed by atoms with van der Waals surface area (Å²) < 4.78 is 0. The number of aromatic nitrogens is 2. The minimum absolute atomic E-state index is 0.139. The number of pyridine rings is 2. The molecule has 0 aliphatic heterocycles. The minimum atomic E-state index is -0.777. The summed E-state index contributed by atoms with van der Waals surface area (Å²) in [4.78, 5) is 20.9. The van der Waals surface area contributed by atoms with Crippen LogP contribution in [0.5, 0.6) is 0 Å². The predicted molar refractivity (Wildman–Crippen MR) is 89.2 cm³/mol. The van der Waals surface area contributed by atoms with Crippen LogP contribution in [0.4, 0.5) is 0 Å². The zero-order valence-corrected chi connectivity index (χ0v) is 13.8. The van der Waals surface area contributed by atoms with Crippen molar-refractivity contribution in [1.29, 1.82) is 0 Å². The van der Waals surface area contributed by atoms with Crippen molar-refractivity contribution in [2.24, 2.45) is 0 Å². The molecule has 0 saturated carbocycles. The summed E-state index contributed by atoms with van der Waals surface area (Å²) in [6, 6.07) is 7.23. The normalized spacial score (nSPS) is 12.2. The van der Waals surface area contributed by atoms with Crippen LogP contribution >= 0.6 is 0 Å². The van der Waals surface area contributed by atoms with Crippen LogP contribution in [0.15, 0.2) is 36.7 Å². The van der Waals surface area contributed by atoms with Crippen LogP contribution in [0.2, 0.25) is 0 Å². The molecule has 0 fully saturated rings. The molecule has 0 radical (unpaired) electrons. The molecule has 0 aromatic carbocycles. The van der Waals surface area contributed by atoms with Gasteiger partial charge in [0.05, 0.1) is 17.4 Å². The van der Waals surface area contributed by atoms with Gasteiger partial charge in [0.15, 0.2) is 0 Å². The number of nitrogens with one attached hydrogen (secondary N) is 1. The number of nitrogens with zero attached hydrogens (tertiary/aromatic N) is 2. The Morgan fingerprint density at radius 2 is 2.09 bits per heavy atom. The molecule has 2 aromatic rings. The van der Waals surface area contributed by atoms with Crippen LogP contribution < -0.4 is 5.32 Å². The van der Waals surface area contributed by atoms with Gasteiger partial charge in [-0.25, -0.2) is 0 Å². The fraction of sp³-hybridized carbons (Fsp3) is 0.389. The first-order chi connectivity index (χ1) is 11.0. The van der Waals surface area contributed by atoms with Crippen LogP contribution in [0.1, 0.15) is 60.1 Å². The van der Waals surface area contributed by atoms with E-state index in [1.807, 2.05) is 19.1 Å². The average molecular weight is 313 g/mol. The number of aryl methyl sites for hydroxylation is 1. The lowest BCUT2D eigenvalue weighted by Gasteiger charge is -2.14. The van der Waals surface area contributed by atoms with Gasteiger partial charge in [0.1, 0.15) is 0 Å².